The van der Waals surface area contributed by atoms with E-state index in [1.807, 2.05) is 0 Å². The van der Waals surface area contributed by atoms with Crippen molar-refractivity contribution in [3.8, 4) is 11.5 Å². The number of benzene rings is 3. The average Bonchev–Trinajstić information content (AvgIpc) is 3.13. The molecule has 3 aromatic carbocycles. The monoisotopic (exact) mass is 552 g/mol. The van der Waals surface area contributed by atoms with Gasteiger partial charge in [-0.1, -0.05) is 23.4 Å². The number of carbonyl (C=O) groups is 3. The maximum Gasteiger partial charge on any atom is 0.338 e. The quantitative estimate of drug-likeness (QED) is 0.258. The van der Waals surface area contributed by atoms with Crippen molar-refractivity contribution < 1.29 is 28.6 Å². The minimum atomic E-state index is -0.554. The van der Waals surface area contributed by atoms with Crippen LogP contribution in [0, 0.1) is 0 Å². The number of anilines is 2. The molecule has 8 nitrogen and oxygen atoms in total. The van der Waals surface area contributed by atoms with Gasteiger partial charge in [0.1, 0.15) is 22.1 Å². The number of methoxy groups -OCH3 is 2. The number of hydrogen-bond donors (Lipinski definition) is 1. The second-order valence-electron chi connectivity index (χ2n) is 8.40. The molecule has 2 amide bonds. The topological polar surface area (TPSA) is 94.2 Å². The molecule has 1 N–H and O–H groups in total. The minimum Gasteiger partial charge on any atom is -0.497 e. The van der Waals surface area contributed by atoms with Gasteiger partial charge in [0.15, 0.2) is 0 Å². The van der Waals surface area contributed by atoms with Crippen molar-refractivity contribution in [2.45, 2.75) is 24.8 Å². The van der Waals surface area contributed by atoms with E-state index in [-0.39, 0.29) is 16.7 Å². The highest BCUT2D eigenvalue weighted by Crippen LogP contribution is 2.40. The van der Waals surface area contributed by atoms with Crippen LogP contribution in [0.5, 0.6) is 11.5 Å². The number of halogens is 1. The lowest BCUT2D eigenvalue weighted by molar-refractivity contribution is -0.120. The smallest absolute Gasteiger partial charge is 0.338 e. The third-order valence-corrected chi connectivity index (χ3v) is 6.79. The van der Waals surface area contributed by atoms with Crippen molar-refractivity contribution in [1.29, 1.82) is 0 Å². The summed E-state index contributed by atoms with van der Waals surface area (Å²) < 4.78 is 15.9. The minimum absolute atomic E-state index is 0.0849. The fourth-order valence-corrected chi connectivity index (χ4v) is 4.69. The van der Waals surface area contributed by atoms with E-state index < -0.39 is 17.8 Å². The van der Waals surface area contributed by atoms with Crippen LogP contribution in [0.4, 0.5) is 11.4 Å². The first kappa shape index (κ1) is 27.1. The van der Waals surface area contributed by atoms with Crippen LogP contribution in [-0.4, -0.2) is 38.1 Å². The predicted molar refractivity (Wildman–Crippen MR) is 147 cm³/mol. The second kappa shape index (κ2) is 11.6. The molecule has 1 heterocycles. The number of imide groups is 1. The first-order valence-corrected chi connectivity index (χ1v) is 12.8. The van der Waals surface area contributed by atoms with E-state index in [1.165, 1.54) is 38.5 Å². The Balaban J connectivity index is 1.70. The SMILES string of the molecule is COc1ccc(NC2=C(Sc3ccc(Cl)cc3)C(=O)N(c3ccc(C(=O)OC(C)C)cc3)C2=O)c(OC)c1. The summed E-state index contributed by atoms with van der Waals surface area (Å²) in [6, 6.07) is 18.1. The Kier molecular flexibility index (Phi) is 8.29. The van der Waals surface area contributed by atoms with Gasteiger partial charge in [0.25, 0.3) is 11.8 Å². The molecular weight excluding hydrogens is 528 g/mol. The Morgan fingerprint density at radius 1 is 0.921 bits per heavy atom. The van der Waals surface area contributed by atoms with Gasteiger partial charge in [-0.15, -0.1) is 0 Å². The zero-order valence-corrected chi connectivity index (χ0v) is 22.7. The molecule has 0 saturated carbocycles. The van der Waals surface area contributed by atoms with Crippen molar-refractivity contribution in [2.75, 3.05) is 24.4 Å². The predicted octanol–water partition coefficient (Wildman–Crippen LogP) is 5.91. The summed E-state index contributed by atoms with van der Waals surface area (Å²) in [7, 11) is 3.04. The number of amides is 2. The van der Waals surface area contributed by atoms with Gasteiger partial charge in [-0.3, -0.25) is 9.59 Å². The summed E-state index contributed by atoms with van der Waals surface area (Å²) in [6.07, 6.45) is -0.274. The van der Waals surface area contributed by atoms with Crippen LogP contribution in [0.25, 0.3) is 0 Å². The standard InChI is InChI=1S/C28H25ClN2O6S/c1-16(2)37-28(34)17-5-9-19(10-6-17)31-26(32)24(30-22-14-11-20(35-3)15-23(22)36-4)25(27(31)33)38-21-12-7-18(29)8-13-21/h5-16,30H,1-4H3. The molecule has 1 aliphatic rings. The van der Waals surface area contributed by atoms with Gasteiger partial charge in [0.05, 0.1) is 37.3 Å². The van der Waals surface area contributed by atoms with Crippen LogP contribution >= 0.6 is 23.4 Å². The maximum atomic E-state index is 13.7. The lowest BCUT2D eigenvalue weighted by Gasteiger charge is -2.16. The van der Waals surface area contributed by atoms with Crippen LogP contribution in [-0.2, 0) is 14.3 Å². The van der Waals surface area contributed by atoms with Crippen molar-refractivity contribution >= 4 is 52.5 Å². The van der Waals surface area contributed by atoms with Crippen molar-refractivity contribution in [3.05, 3.63) is 87.9 Å². The van der Waals surface area contributed by atoms with E-state index in [2.05, 4.69) is 5.32 Å². The fraction of sp³-hybridized carbons (Fsp3) is 0.179. The summed E-state index contributed by atoms with van der Waals surface area (Å²) in [4.78, 5) is 41.5. The van der Waals surface area contributed by atoms with Crippen LogP contribution in [0.15, 0.2) is 82.2 Å². The molecule has 0 saturated heterocycles. The molecule has 0 radical (unpaired) electrons. The molecule has 1 aliphatic heterocycles. The Hall–Kier alpha value is -3.95. The Bertz CT molecular complexity index is 1400. The Morgan fingerprint density at radius 2 is 1.61 bits per heavy atom. The third kappa shape index (κ3) is 5.79. The average molecular weight is 553 g/mol. The fourth-order valence-electron chi connectivity index (χ4n) is 3.63. The number of rotatable bonds is 9. The number of ether oxygens (including phenoxy) is 3. The highest BCUT2D eigenvalue weighted by molar-refractivity contribution is 8.04. The molecule has 0 bridgehead atoms. The van der Waals surface area contributed by atoms with Gasteiger partial charge >= 0.3 is 5.97 Å². The van der Waals surface area contributed by atoms with Crippen LogP contribution in [0.1, 0.15) is 24.2 Å². The number of hydrogen-bond acceptors (Lipinski definition) is 8. The summed E-state index contributed by atoms with van der Waals surface area (Å²) in [5.41, 5.74) is 1.19. The van der Waals surface area contributed by atoms with Crippen LogP contribution in [0.3, 0.4) is 0 Å². The summed E-state index contributed by atoms with van der Waals surface area (Å²) in [6.45, 7) is 3.51. The highest BCUT2D eigenvalue weighted by atomic mass is 35.5. The number of thioether (sulfide) groups is 1. The number of carbonyl (C=O) groups excluding carboxylic acids is 3. The molecule has 0 spiro atoms. The summed E-state index contributed by atoms with van der Waals surface area (Å²) in [5.74, 6) is -0.552. The molecule has 0 aliphatic carbocycles. The third-order valence-electron chi connectivity index (χ3n) is 5.45. The molecular formula is C28H25ClN2O6S. The van der Waals surface area contributed by atoms with E-state index >= 15 is 0 Å². The van der Waals surface area contributed by atoms with Gasteiger partial charge in [-0.05, 0) is 74.5 Å². The second-order valence-corrected chi connectivity index (χ2v) is 9.92. The molecule has 0 unspecified atom stereocenters. The van der Waals surface area contributed by atoms with Gasteiger partial charge in [0.2, 0.25) is 0 Å². The molecule has 0 aromatic heterocycles. The zero-order chi connectivity index (χ0) is 27.4. The molecule has 196 valence electrons. The largest absolute Gasteiger partial charge is 0.497 e. The van der Waals surface area contributed by atoms with Crippen molar-refractivity contribution in [1.82, 2.24) is 0 Å². The van der Waals surface area contributed by atoms with Crippen LogP contribution in [0.2, 0.25) is 5.02 Å². The number of nitrogens with zero attached hydrogens (tertiary/aromatic N) is 1. The Labute approximate surface area is 229 Å². The van der Waals surface area contributed by atoms with E-state index in [0.717, 1.165) is 21.6 Å². The van der Waals surface area contributed by atoms with Crippen molar-refractivity contribution in [3.63, 3.8) is 0 Å². The normalized spacial score (nSPS) is 13.3. The number of nitrogens with one attached hydrogen (secondary N) is 1. The molecule has 3 aromatic rings. The van der Waals surface area contributed by atoms with Gasteiger partial charge in [0, 0.05) is 16.0 Å². The van der Waals surface area contributed by atoms with Crippen molar-refractivity contribution in [2.24, 2.45) is 0 Å². The van der Waals surface area contributed by atoms with E-state index in [4.69, 9.17) is 25.8 Å². The lowest BCUT2D eigenvalue weighted by Crippen LogP contribution is -2.32. The molecule has 38 heavy (non-hydrogen) atoms. The summed E-state index contributed by atoms with van der Waals surface area (Å²) in [5, 5.41) is 3.64. The van der Waals surface area contributed by atoms with E-state index in [0.29, 0.717) is 33.5 Å². The van der Waals surface area contributed by atoms with E-state index in [1.54, 1.807) is 56.3 Å². The van der Waals surface area contributed by atoms with Crippen LogP contribution < -0.4 is 19.7 Å². The van der Waals surface area contributed by atoms with Gasteiger partial charge in [-0.25, -0.2) is 9.69 Å². The highest BCUT2D eigenvalue weighted by Gasteiger charge is 2.40. The molecule has 0 atom stereocenters. The zero-order valence-electron chi connectivity index (χ0n) is 21.1. The van der Waals surface area contributed by atoms with E-state index in [9.17, 15) is 14.4 Å². The molecule has 10 heteroatoms. The summed E-state index contributed by atoms with van der Waals surface area (Å²) >= 11 is 7.16. The first-order chi connectivity index (χ1) is 18.2. The maximum absolute atomic E-state index is 13.7. The van der Waals surface area contributed by atoms with Gasteiger partial charge in [-0.2, -0.15) is 0 Å². The molecule has 4 rings (SSSR count). The molecule has 0 fully saturated rings. The first-order valence-electron chi connectivity index (χ1n) is 11.6. The Morgan fingerprint density at radius 3 is 2.21 bits per heavy atom. The lowest BCUT2D eigenvalue weighted by atomic mass is 10.2. The number of esters is 1. The van der Waals surface area contributed by atoms with Gasteiger partial charge < -0.3 is 19.5 Å².